The van der Waals surface area contributed by atoms with Crippen LogP contribution in [-0.4, -0.2) is 140 Å². The van der Waals surface area contributed by atoms with E-state index in [1.54, 1.807) is 0 Å². The minimum Gasteiger partial charge on any atom is -0.480 e. The number of amides is 4. The van der Waals surface area contributed by atoms with Gasteiger partial charge in [-0.3, -0.25) is 28.8 Å². The Hall–Kier alpha value is -4.35. The number of nitrogens with zero attached hydrogens (tertiary/aromatic N) is 2. The van der Waals surface area contributed by atoms with E-state index >= 15 is 0 Å². The topological polar surface area (TPSA) is 222 Å². The van der Waals surface area contributed by atoms with Crippen LogP contribution in [-0.2, 0) is 41.6 Å². The molecular formula is C48H87Cl3N8O8. The highest BCUT2D eigenvalue weighted by atomic mass is 35.5. The van der Waals surface area contributed by atoms with Gasteiger partial charge in [0.15, 0.2) is 0 Å². The number of anilines is 2. The van der Waals surface area contributed by atoms with Crippen molar-refractivity contribution in [1.82, 2.24) is 31.9 Å². The minimum atomic E-state index is -0.950. The molecular weight excluding hydrogens is 923 g/mol. The van der Waals surface area contributed by atoms with Crippen molar-refractivity contribution in [3.05, 3.63) is 59.7 Å². The second-order valence-electron chi connectivity index (χ2n) is 16.8. The van der Waals surface area contributed by atoms with E-state index in [0.717, 1.165) is 42.0 Å². The standard InChI is InChI=1S/C48H73Cl3N8O8.7H2/c1-2-31-58(32-24-49)37-17-11-35(12-18-37)15-21-41(47(64)65)52-27-5-3-8-39-45(62)54-29-7-10-43(60)56-40(46(63)55-30-23-44(61)57-39)9-4-6-28-53-42(48(66)67)22-16-36-13-19-38(20-14-36)59(33-25-50)34-26-51;;;;;;;/h11-14,17-20,39-42,52-53H,2-10,15-16,21-34H2,1H3,(H,54,62)(H,55,63)(H,56,60)(H,57,61)(H,64,65)(H,66,67);7*1H/t39-,40-,41+,42-;;;;;;;/m0......./s1. The summed E-state index contributed by atoms with van der Waals surface area (Å²) < 4.78 is 0. The summed E-state index contributed by atoms with van der Waals surface area (Å²) in [5, 5.41) is 37.1. The Bertz CT molecular complexity index is 1820. The van der Waals surface area contributed by atoms with Crippen molar-refractivity contribution in [3.8, 4) is 0 Å². The number of nitrogens with one attached hydrogen (secondary N) is 6. The van der Waals surface area contributed by atoms with Crippen molar-refractivity contribution < 1.29 is 49.0 Å². The fraction of sp³-hybridized carbons (Fsp3) is 0.625. The van der Waals surface area contributed by atoms with Crippen LogP contribution in [0.25, 0.3) is 0 Å². The quantitative estimate of drug-likeness (QED) is 0.0310. The third-order valence-electron chi connectivity index (χ3n) is 11.7. The zero-order chi connectivity index (χ0) is 48.8. The summed E-state index contributed by atoms with van der Waals surface area (Å²) in [4.78, 5) is 80.7. The summed E-state index contributed by atoms with van der Waals surface area (Å²) >= 11 is 17.9. The van der Waals surface area contributed by atoms with Crippen LogP contribution in [0.15, 0.2) is 48.5 Å². The second kappa shape index (κ2) is 33.2. The summed E-state index contributed by atoms with van der Waals surface area (Å²) in [6, 6.07) is 12.9. The molecule has 0 aliphatic carbocycles. The van der Waals surface area contributed by atoms with Crippen molar-refractivity contribution in [2.45, 2.75) is 121 Å². The first-order chi connectivity index (χ1) is 32.4. The first-order valence-electron chi connectivity index (χ1n) is 23.8. The highest BCUT2D eigenvalue weighted by molar-refractivity contribution is 6.18. The van der Waals surface area contributed by atoms with E-state index in [-0.39, 0.29) is 47.7 Å². The molecule has 0 saturated carbocycles. The molecule has 4 amide bonds. The molecule has 0 aromatic heterocycles. The number of carbonyl (C=O) groups is 6. The number of aryl methyl sites for hydroxylation is 2. The van der Waals surface area contributed by atoms with E-state index in [1.165, 1.54) is 0 Å². The number of carboxylic acids is 2. The number of alkyl halides is 3. The van der Waals surface area contributed by atoms with Crippen LogP contribution in [0.4, 0.5) is 11.4 Å². The van der Waals surface area contributed by atoms with Crippen molar-refractivity contribution in [2.75, 3.05) is 79.8 Å². The monoisotopic (exact) mass is 1010 g/mol. The zero-order valence-corrected chi connectivity index (χ0v) is 41.2. The van der Waals surface area contributed by atoms with Gasteiger partial charge < -0.3 is 51.9 Å². The van der Waals surface area contributed by atoms with E-state index in [9.17, 15) is 39.0 Å². The fourth-order valence-corrected chi connectivity index (χ4v) is 8.50. The predicted molar refractivity (Wildman–Crippen MR) is 281 cm³/mol. The minimum absolute atomic E-state index is 0. The lowest BCUT2D eigenvalue weighted by Crippen LogP contribution is -2.48. The molecule has 1 aliphatic heterocycles. The lowest BCUT2D eigenvalue weighted by Gasteiger charge is -2.23. The van der Waals surface area contributed by atoms with E-state index in [0.29, 0.717) is 114 Å². The van der Waals surface area contributed by atoms with Gasteiger partial charge >= 0.3 is 11.9 Å². The Labute approximate surface area is 421 Å². The predicted octanol–water partition coefficient (Wildman–Crippen LogP) is 6.53. The molecule has 19 heteroatoms. The Balaban J connectivity index is -0.00000227. The van der Waals surface area contributed by atoms with Crippen molar-refractivity contribution in [1.29, 1.82) is 0 Å². The van der Waals surface area contributed by atoms with Crippen molar-refractivity contribution in [3.63, 3.8) is 0 Å². The molecule has 1 saturated heterocycles. The molecule has 1 aliphatic rings. The summed E-state index contributed by atoms with van der Waals surface area (Å²) in [6.45, 7) is 6.12. The van der Waals surface area contributed by atoms with Gasteiger partial charge in [-0.25, -0.2) is 0 Å². The van der Waals surface area contributed by atoms with Crippen LogP contribution in [0.5, 0.6) is 0 Å². The molecule has 0 radical (unpaired) electrons. The van der Waals surface area contributed by atoms with E-state index in [4.69, 9.17) is 34.8 Å². The molecule has 3 rings (SSSR count). The van der Waals surface area contributed by atoms with Crippen LogP contribution >= 0.6 is 34.8 Å². The first kappa shape index (κ1) is 57.0. The molecule has 2 aromatic rings. The number of hydrogen-bond acceptors (Lipinski definition) is 10. The number of unbranched alkanes of at least 4 members (excludes halogenated alkanes) is 2. The van der Waals surface area contributed by atoms with Crippen LogP contribution in [0, 0.1) is 0 Å². The van der Waals surface area contributed by atoms with Gasteiger partial charge in [0.05, 0.1) is 0 Å². The third kappa shape index (κ3) is 22.5. The lowest BCUT2D eigenvalue weighted by atomic mass is 10.0. The number of halogens is 3. The van der Waals surface area contributed by atoms with Crippen LogP contribution in [0.3, 0.4) is 0 Å². The number of carbonyl (C=O) groups excluding carboxylic acids is 4. The maximum atomic E-state index is 13.2. The van der Waals surface area contributed by atoms with Crippen LogP contribution in [0.1, 0.15) is 105 Å². The third-order valence-corrected chi connectivity index (χ3v) is 12.2. The second-order valence-corrected chi connectivity index (χ2v) is 17.9. The van der Waals surface area contributed by atoms with Gasteiger partial charge in [-0.15, -0.1) is 34.8 Å². The number of rotatable bonds is 30. The zero-order valence-electron chi connectivity index (χ0n) is 39.0. The van der Waals surface area contributed by atoms with Gasteiger partial charge in [0.25, 0.3) is 0 Å². The van der Waals surface area contributed by atoms with E-state index < -0.39 is 47.9 Å². The lowest BCUT2D eigenvalue weighted by molar-refractivity contribution is -0.140. The molecule has 67 heavy (non-hydrogen) atoms. The van der Waals surface area contributed by atoms with Gasteiger partial charge in [0, 0.05) is 91.1 Å². The summed E-state index contributed by atoms with van der Waals surface area (Å²) in [5.74, 6) is -1.97. The average Bonchev–Trinajstić information content (AvgIpc) is 3.31. The highest BCUT2D eigenvalue weighted by Crippen LogP contribution is 2.19. The summed E-state index contributed by atoms with van der Waals surface area (Å²) in [7, 11) is 0. The molecule has 0 bridgehead atoms. The normalized spacial score (nSPS) is 17.2. The largest absolute Gasteiger partial charge is 0.480 e. The molecule has 1 fully saturated rings. The van der Waals surface area contributed by atoms with Gasteiger partial charge in [-0.1, -0.05) is 31.2 Å². The molecule has 16 nitrogen and oxygen atoms in total. The smallest absolute Gasteiger partial charge is 0.320 e. The Morgan fingerprint density at radius 3 is 1.48 bits per heavy atom. The van der Waals surface area contributed by atoms with E-state index in [2.05, 4.69) is 48.6 Å². The first-order valence-corrected chi connectivity index (χ1v) is 25.4. The molecule has 1 heterocycles. The molecule has 4 atom stereocenters. The Morgan fingerprint density at radius 1 is 0.642 bits per heavy atom. The SMILES string of the molecule is CCCN(CCCl)c1ccc(CC[C@@H](NCCCC[C@@H]2NC(=O)CCNC(=O)[C@H](CCCCN[C@@H](CCc3ccc(N(CCCl)CCCl)cc3)C(=O)O)NC(=O)CCCNC2=O)C(=O)O)cc1.[HH].[HH].[HH].[HH].[HH].[HH].[HH]. The molecule has 388 valence electrons. The molecule has 0 spiro atoms. The fourth-order valence-electron chi connectivity index (χ4n) is 7.89. The van der Waals surface area contributed by atoms with Gasteiger partial charge in [0.2, 0.25) is 23.6 Å². The Kier molecular flexibility index (Phi) is 28.2. The van der Waals surface area contributed by atoms with Crippen LogP contribution in [0.2, 0.25) is 0 Å². The van der Waals surface area contributed by atoms with Crippen molar-refractivity contribution in [2.24, 2.45) is 0 Å². The number of hydrogen-bond donors (Lipinski definition) is 8. The highest BCUT2D eigenvalue weighted by Gasteiger charge is 2.25. The van der Waals surface area contributed by atoms with E-state index in [1.807, 2.05) is 48.5 Å². The van der Waals surface area contributed by atoms with Crippen LogP contribution < -0.4 is 41.7 Å². The molecule has 8 N–H and O–H groups in total. The summed E-state index contributed by atoms with van der Waals surface area (Å²) in [6.07, 6.45) is 6.05. The maximum absolute atomic E-state index is 13.2. The average molecular weight is 1010 g/mol. The number of benzene rings is 2. The number of carboxylic acid groups (broad SMARTS) is 2. The molecule has 0 unspecified atom stereocenters. The molecule has 2 aromatic carbocycles. The van der Waals surface area contributed by atoms with Gasteiger partial charge in [0.1, 0.15) is 24.2 Å². The maximum Gasteiger partial charge on any atom is 0.320 e. The Morgan fingerprint density at radius 2 is 1.06 bits per heavy atom. The van der Waals surface area contributed by atoms with Crippen molar-refractivity contribution >= 4 is 81.7 Å². The van der Waals surface area contributed by atoms with Gasteiger partial charge in [-0.2, -0.15) is 0 Å². The summed E-state index contributed by atoms with van der Waals surface area (Å²) in [5.41, 5.74) is 4.14. The van der Waals surface area contributed by atoms with Gasteiger partial charge in [-0.05, 0) is 126 Å². The number of aliphatic carboxylic acids is 2.